The first-order valence-electron chi connectivity index (χ1n) is 8.97. The van der Waals surface area contributed by atoms with Crippen molar-refractivity contribution < 1.29 is 9.53 Å². The molecule has 7 heteroatoms. The van der Waals surface area contributed by atoms with E-state index < -0.39 is 0 Å². The summed E-state index contributed by atoms with van der Waals surface area (Å²) in [5.74, 6) is 0.845. The lowest BCUT2D eigenvalue weighted by molar-refractivity contribution is -0.113. The number of carbonyl (C=O) groups excluding carboxylic acids is 1. The molecule has 0 fully saturated rings. The number of amides is 1. The van der Waals surface area contributed by atoms with E-state index in [9.17, 15) is 4.79 Å². The number of halogens is 3. The summed E-state index contributed by atoms with van der Waals surface area (Å²) < 4.78 is 6.41. The Balaban J connectivity index is 1.87. The summed E-state index contributed by atoms with van der Waals surface area (Å²) in [5, 5.41) is 0.966. The molecule has 0 atom stereocenters. The van der Waals surface area contributed by atoms with E-state index in [1.807, 2.05) is 48.5 Å². The summed E-state index contributed by atoms with van der Waals surface area (Å²) in [7, 11) is 1.59. The summed E-state index contributed by atoms with van der Waals surface area (Å²) in [5.41, 5.74) is 2.33. The van der Waals surface area contributed by atoms with Crippen molar-refractivity contribution in [3.63, 3.8) is 0 Å². The highest BCUT2D eigenvalue weighted by Crippen LogP contribution is 2.33. The lowest BCUT2D eigenvalue weighted by Gasteiger charge is -2.20. The van der Waals surface area contributed by atoms with Crippen LogP contribution in [0.2, 0.25) is 10.0 Å². The first kappa shape index (κ1) is 20.7. The number of methoxy groups -OCH3 is 1. The number of aliphatic imine (C=N–C) groups is 1. The van der Waals surface area contributed by atoms with Crippen LogP contribution in [0.1, 0.15) is 11.1 Å². The van der Waals surface area contributed by atoms with Gasteiger partial charge in [0, 0.05) is 14.5 Å². The van der Waals surface area contributed by atoms with Gasteiger partial charge in [0.25, 0.3) is 5.91 Å². The average Bonchev–Trinajstić information content (AvgIpc) is 3.06. The van der Waals surface area contributed by atoms with E-state index >= 15 is 0 Å². The molecule has 0 saturated heterocycles. The maximum Gasteiger partial charge on any atom is 0.282 e. The Labute approximate surface area is 192 Å². The van der Waals surface area contributed by atoms with Gasteiger partial charge in [0.15, 0.2) is 5.84 Å². The summed E-state index contributed by atoms with van der Waals surface area (Å²) in [6.07, 6.45) is 1.66. The quantitative estimate of drug-likeness (QED) is 0.378. The number of hydrogen-bond donors (Lipinski definition) is 0. The fraction of sp³-hybridized carbons (Fsp3) is 0.0435. The predicted octanol–water partition coefficient (Wildman–Crippen LogP) is 6.60. The zero-order valence-corrected chi connectivity index (χ0v) is 18.9. The first-order valence-corrected chi connectivity index (χ1v) is 10.5. The number of para-hydroxylation sites is 1. The van der Waals surface area contributed by atoms with Crippen molar-refractivity contribution in [1.82, 2.24) is 0 Å². The van der Waals surface area contributed by atoms with Crippen LogP contribution in [0.15, 0.2) is 81.9 Å². The molecule has 0 bridgehead atoms. The van der Waals surface area contributed by atoms with Crippen LogP contribution in [0.25, 0.3) is 6.08 Å². The zero-order valence-electron chi connectivity index (χ0n) is 15.8. The Morgan fingerprint density at radius 3 is 2.47 bits per heavy atom. The Hall–Kier alpha value is -2.60. The number of anilines is 1. The van der Waals surface area contributed by atoms with Gasteiger partial charge in [-0.15, -0.1) is 0 Å². The van der Waals surface area contributed by atoms with Crippen LogP contribution in [0.4, 0.5) is 5.69 Å². The highest BCUT2D eigenvalue weighted by Gasteiger charge is 2.33. The molecule has 30 heavy (non-hydrogen) atoms. The van der Waals surface area contributed by atoms with Crippen molar-refractivity contribution in [3.8, 4) is 5.75 Å². The summed E-state index contributed by atoms with van der Waals surface area (Å²) in [6, 6.07) is 20.0. The second-order valence-corrected chi connectivity index (χ2v) is 8.21. The molecule has 0 N–H and O–H groups in total. The monoisotopic (exact) mass is 500 g/mol. The third-order valence-electron chi connectivity index (χ3n) is 4.55. The number of amidine groups is 1. The van der Waals surface area contributed by atoms with Crippen LogP contribution in [0, 0.1) is 0 Å². The molecule has 3 aromatic carbocycles. The van der Waals surface area contributed by atoms with Crippen molar-refractivity contribution in [2.24, 2.45) is 4.99 Å². The van der Waals surface area contributed by atoms with Crippen LogP contribution in [0.3, 0.4) is 0 Å². The van der Waals surface area contributed by atoms with Crippen molar-refractivity contribution in [2.75, 3.05) is 12.0 Å². The number of carbonyl (C=O) groups is 1. The number of benzene rings is 3. The Kier molecular flexibility index (Phi) is 5.95. The molecule has 1 aliphatic heterocycles. The van der Waals surface area contributed by atoms with Crippen molar-refractivity contribution in [2.45, 2.75) is 0 Å². The lowest BCUT2D eigenvalue weighted by atomic mass is 10.1. The van der Waals surface area contributed by atoms with Gasteiger partial charge in [-0.2, -0.15) is 0 Å². The molecule has 4 rings (SSSR count). The summed E-state index contributed by atoms with van der Waals surface area (Å²) in [4.78, 5) is 19.6. The molecule has 1 heterocycles. The predicted molar refractivity (Wildman–Crippen MR) is 126 cm³/mol. The Bertz CT molecular complexity index is 1190. The van der Waals surface area contributed by atoms with Crippen LogP contribution in [-0.4, -0.2) is 18.9 Å². The maximum absolute atomic E-state index is 13.4. The Morgan fingerprint density at radius 1 is 1.03 bits per heavy atom. The third-order valence-corrected chi connectivity index (χ3v) is 5.64. The zero-order chi connectivity index (χ0) is 21.3. The SMILES string of the molecule is COc1ccccc1C1=N/C(=C/c2ccc(Cl)cc2Cl)C(=O)N1c1ccc(Br)cc1. The van der Waals surface area contributed by atoms with Gasteiger partial charge in [0.2, 0.25) is 0 Å². The van der Waals surface area contributed by atoms with Crippen LogP contribution in [0.5, 0.6) is 5.75 Å². The van der Waals surface area contributed by atoms with Gasteiger partial charge in [-0.25, -0.2) is 4.99 Å². The molecule has 3 aromatic rings. The number of hydrogen-bond acceptors (Lipinski definition) is 3. The number of nitrogens with zero attached hydrogens (tertiary/aromatic N) is 2. The molecular formula is C23H15BrCl2N2O2. The van der Waals surface area contributed by atoms with E-state index in [0.717, 1.165) is 4.47 Å². The molecule has 0 spiro atoms. The molecule has 150 valence electrons. The van der Waals surface area contributed by atoms with Crippen LogP contribution >= 0.6 is 39.1 Å². The van der Waals surface area contributed by atoms with Gasteiger partial charge in [-0.05, 0) is 60.2 Å². The highest BCUT2D eigenvalue weighted by atomic mass is 79.9. The van der Waals surface area contributed by atoms with E-state index in [1.165, 1.54) is 0 Å². The van der Waals surface area contributed by atoms with E-state index in [0.29, 0.717) is 38.4 Å². The molecule has 0 radical (unpaired) electrons. The van der Waals surface area contributed by atoms with Gasteiger partial charge in [0.05, 0.1) is 18.4 Å². The van der Waals surface area contributed by atoms with Gasteiger partial charge >= 0.3 is 0 Å². The fourth-order valence-electron chi connectivity index (χ4n) is 3.12. The second-order valence-electron chi connectivity index (χ2n) is 6.45. The van der Waals surface area contributed by atoms with E-state index in [-0.39, 0.29) is 11.6 Å². The normalized spacial score (nSPS) is 14.9. The van der Waals surface area contributed by atoms with Crippen molar-refractivity contribution in [3.05, 3.63) is 98.1 Å². The maximum atomic E-state index is 13.4. The summed E-state index contributed by atoms with van der Waals surface area (Å²) in [6.45, 7) is 0. The molecule has 0 aliphatic carbocycles. The topological polar surface area (TPSA) is 41.9 Å². The Morgan fingerprint density at radius 2 is 1.77 bits per heavy atom. The standard InChI is InChI=1S/C23H15BrCl2N2O2/c1-30-21-5-3-2-4-18(21)22-27-20(12-14-6-9-16(25)13-19(14)26)23(29)28(22)17-10-7-15(24)8-11-17/h2-13H,1H3/b20-12+. The van der Waals surface area contributed by atoms with Crippen molar-refractivity contribution in [1.29, 1.82) is 0 Å². The molecule has 0 unspecified atom stereocenters. The smallest absolute Gasteiger partial charge is 0.282 e. The van der Waals surface area contributed by atoms with E-state index in [2.05, 4.69) is 20.9 Å². The highest BCUT2D eigenvalue weighted by molar-refractivity contribution is 9.10. The molecule has 0 aromatic heterocycles. The van der Waals surface area contributed by atoms with Gasteiger partial charge in [0.1, 0.15) is 11.4 Å². The lowest BCUT2D eigenvalue weighted by Crippen LogP contribution is -2.32. The van der Waals surface area contributed by atoms with E-state index in [1.54, 1.807) is 36.3 Å². The van der Waals surface area contributed by atoms with Crippen LogP contribution in [-0.2, 0) is 4.79 Å². The minimum atomic E-state index is -0.260. The van der Waals surface area contributed by atoms with E-state index in [4.69, 9.17) is 27.9 Å². The van der Waals surface area contributed by atoms with Gasteiger partial charge in [-0.1, -0.05) is 57.3 Å². The number of ether oxygens (including phenoxy) is 1. The van der Waals surface area contributed by atoms with Crippen molar-refractivity contribution >= 4 is 62.6 Å². The first-order chi connectivity index (χ1) is 14.5. The molecule has 1 amide bonds. The minimum absolute atomic E-state index is 0.260. The largest absolute Gasteiger partial charge is 0.496 e. The summed E-state index contributed by atoms with van der Waals surface area (Å²) >= 11 is 15.7. The van der Waals surface area contributed by atoms with Crippen LogP contribution < -0.4 is 9.64 Å². The molecule has 0 saturated carbocycles. The molecular weight excluding hydrogens is 487 g/mol. The average molecular weight is 502 g/mol. The minimum Gasteiger partial charge on any atom is -0.496 e. The third kappa shape index (κ3) is 4.01. The molecule has 4 nitrogen and oxygen atoms in total. The fourth-order valence-corrected chi connectivity index (χ4v) is 3.85. The van der Waals surface area contributed by atoms with Gasteiger partial charge < -0.3 is 4.74 Å². The number of rotatable bonds is 4. The van der Waals surface area contributed by atoms with Gasteiger partial charge in [-0.3, -0.25) is 9.69 Å². The second kappa shape index (κ2) is 8.64. The molecule has 1 aliphatic rings.